The van der Waals surface area contributed by atoms with Crippen molar-refractivity contribution in [2.24, 2.45) is 5.92 Å². The van der Waals surface area contributed by atoms with E-state index < -0.39 is 11.7 Å². The first-order valence-electron chi connectivity index (χ1n) is 12.0. The maximum absolute atomic E-state index is 12.9. The number of aromatic amines is 1. The fourth-order valence-electron chi connectivity index (χ4n) is 4.82. The number of likely N-dealkylation sites (tertiary alicyclic amines) is 1. The van der Waals surface area contributed by atoms with E-state index in [4.69, 9.17) is 17.2 Å². The summed E-state index contributed by atoms with van der Waals surface area (Å²) >= 11 is 5.68. The van der Waals surface area contributed by atoms with Gasteiger partial charge in [-0.15, -0.1) is 0 Å². The van der Waals surface area contributed by atoms with E-state index >= 15 is 0 Å². The molecule has 0 bridgehead atoms. The number of imidazole rings is 1. The van der Waals surface area contributed by atoms with Crippen molar-refractivity contribution in [1.82, 2.24) is 25.1 Å². The minimum Gasteiger partial charge on any atom is -0.365 e. The molecule has 35 heavy (non-hydrogen) atoms. The molecule has 0 spiro atoms. The van der Waals surface area contributed by atoms with Gasteiger partial charge < -0.3 is 15.2 Å². The van der Waals surface area contributed by atoms with Crippen LogP contribution in [0.1, 0.15) is 43.1 Å². The number of nitrogens with one attached hydrogen (secondary N) is 2. The lowest BCUT2D eigenvalue weighted by molar-refractivity contribution is -0.137. The molecule has 9 heteroatoms. The molecule has 1 aromatic heterocycles. The van der Waals surface area contributed by atoms with Crippen molar-refractivity contribution >= 4 is 17.3 Å². The predicted molar refractivity (Wildman–Crippen MR) is 137 cm³/mol. The van der Waals surface area contributed by atoms with Gasteiger partial charge in [-0.05, 0) is 62.5 Å². The number of thiocarbonyl (C=S) groups is 1. The second kappa shape index (κ2) is 10.5. The van der Waals surface area contributed by atoms with Crippen LogP contribution in [0, 0.1) is 12.8 Å². The van der Waals surface area contributed by atoms with Crippen LogP contribution in [0.15, 0.2) is 48.2 Å². The molecular weight excluding hydrogens is 471 g/mol. The minimum atomic E-state index is -4.34. The number of rotatable bonds is 5. The zero-order valence-corrected chi connectivity index (χ0v) is 21.1. The molecule has 1 aliphatic heterocycles. The first-order chi connectivity index (χ1) is 16.7. The minimum absolute atomic E-state index is 0.342. The van der Waals surface area contributed by atoms with Gasteiger partial charge in [-0.3, -0.25) is 4.90 Å². The fraction of sp³-hybridized carbons (Fsp3) is 0.462. The molecule has 2 aliphatic rings. The summed E-state index contributed by atoms with van der Waals surface area (Å²) < 4.78 is 38.6. The van der Waals surface area contributed by atoms with Gasteiger partial charge in [-0.1, -0.05) is 31.2 Å². The zero-order chi connectivity index (χ0) is 25.2. The number of halogens is 3. The molecule has 2 heterocycles. The Kier molecular flexibility index (Phi) is 7.66. The van der Waals surface area contributed by atoms with Crippen molar-refractivity contribution in [2.45, 2.75) is 51.9 Å². The number of aromatic nitrogens is 2. The second-order valence-electron chi connectivity index (χ2n) is 9.32. The molecule has 4 rings (SSSR count). The van der Waals surface area contributed by atoms with E-state index in [1.165, 1.54) is 17.8 Å². The van der Waals surface area contributed by atoms with Gasteiger partial charge >= 0.3 is 6.18 Å². The Morgan fingerprint density at radius 1 is 1.23 bits per heavy atom. The highest BCUT2D eigenvalue weighted by atomic mass is 32.1. The molecule has 1 aliphatic carbocycles. The summed E-state index contributed by atoms with van der Waals surface area (Å²) in [6, 6.07) is 5.46. The fourth-order valence-corrected chi connectivity index (χ4v) is 5.07. The van der Waals surface area contributed by atoms with E-state index in [1.807, 2.05) is 14.0 Å². The van der Waals surface area contributed by atoms with Crippen LogP contribution in [0.4, 0.5) is 13.2 Å². The third kappa shape index (κ3) is 5.78. The highest BCUT2D eigenvalue weighted by Crippen LogP contribution is 2.32. The Morgan fingerprint density at radius 2 is 1.91 bits per heavy atom. The lowest BCUT2D eigenvalue weighted by atomic mass is 9.94. The number of benzene rings is 1. The lowest BCUT2D eigenvalue weighted by Gasteiger charge is -2.42. The third-order valence-corrected chi connectivity index (χ3v) is 7.28. The topological polar surface area (TPSA) is 47.2 Å². The van der Waals surface area contributed by atoms with Crippen molar-refractivity contribution in [3.8, 4) is 11.4 Å². The first-order valence-corrected chi connectivity index (χ1v) is 12.4. The van der Waals surface area contributed by atoms with Crippen LogP contribution in [0.2, 0.25) is 0 Å². The van der Waals surface area contributed by atoms with E-state index in [2.05, 4.69) is 45.3 Å². The average Bonchev–Trinajstić information content (AvgIpc) is 3.21. The molecule has 2 aromatic rings. The Hall–Kier alpha value is -2.65. The quantitative estimate of drug-likeness (QED) is 0.516. The molecule has 5 nitrogen and oxygen atoms in total. The summed E-state index contributed by atoms with van der Waals surface area (Å²) in [5.41, 5.74) is 3.12. The van der Waals surface area contributed by atoms with Crippen molar-refractivity contribution in [1.29, 1.82) is 0 Å². The highest BCUT2D eigenvalue weighted by molar-refractivity contribution is 7.80. The van der Waals surface area contributed by atoms with Gasteiger partial charge in [-0.2, -0.15) is 13.2 Å². The van der Waals surface area contributed by atoms with Gasteiger partial charge in [0.15, 0.2) is 5.11 Å². The second-order valence-corrected chi connectivity index (χ2v) is 9.71. The van der Waals surface area contributed by atoms with E-state index in [0.717, 1.165) is 61.0 Å². The van der Waals surface area contributed by atoms with E-state index in [0.29, 0.717) is 29.9 Å². The molecule has 0 saturated carbocycles. The lowest BCUT2D eigenvalue weighted by Crippen LogP contribution is -2.50. The standard InChI is InChI=1S/C26H32F3N5S/c1-17-6-4-5-7-23(17)34(25(35)30-3)21-12-14-33(15-13-21)16-22-18(2)31-24(32-22)19-8-10-20(11-9-19)26(27,28)29/h4-5,7-11,17,21H,6,12-16H2,1-3H3,(H,30,35)(H,31,32). The summed E-state index contributed by atoms with van der Waals surface area (Å²) in [6.07, 6.45) is 5.15. The largest absolute Gasteiger partial charge is 0.416 e. The number of aryl methyl sites for hydroxylation is 1. The highest BCUT2D eigenvalue weighted by Gasteiger charge is 2.31. The smallest absolute Gasteiger partial charge is 0.365 e. The van der Waals surface area contributed by atoms with Crippen LogP contribution in [-0.2, 0) is 12.7 Å². The Balaban J connectivity index is 1.41. The number of H-pyrrole nitrogens is 1. The number of hydrogen-bond acceptors (Lipinski definition) is 3. The van der Waals surface area contributed by atoms with Crippen LogP contribution in [0.25, 0.3) is 11.4 Å². The summed E-state index contributed by atoms with van der Waals surface area (Å²) in [5, 5.41) is 3.94. The summed E-state index contributed by atoms with van der Waals surface area (Å²) in [5.74, 6) is 1.03. The molecule has 1 fully saturated rings. The normalized spacial score (nSPS) is 19.5. The molecule has 1 aromatic carbocycles. The van der Waals surface area contributed by atoms with Crippen LogP contribution in [-0.4, -0.2) is 51.1 Å². The van der Waals surface area contributed by atoms with Gasteiger partial charge in [-0.25, -0.2) is 4.98 Å². The van der Waals surface area contributed by atoms with Crippen molar-refractivity contribution in [3.05, 3.63) is 65.1 Å². The number of piperidine rings is 1. The molecule has 1 atom stereocenters. The predicted octanol–water partition coefficient (Wildman–Crippen LogP) is 5.65. The Labute approximate surface area is 210 Å². The number of allylic oxidation sites excluding steroid dienone is 4. The van der Waals surface area contributed by atoms with E-state index in [9.17, 15) is 13.2 Å². The number of alkyl halides is 3. The summed E-state index contributed by atoms with van der Waals surface area (Å²) in [4.78, 5) is 12.6. The molecule has 188 valence electrons. The Bertz CT molecular complexity index is 1100. The number of nitrogens with zero attached hydrogens (tertiary/aromatic N) is 3. The zero-order valence-electron chi connectivity index (χ0n) is 20.3. The molecule has 2 N–H and O–H groups in total. The summed E-state index contributed by atoms with van der Waals surface area (Å²) in [6.45, 7) is 6.75. The maximum Gasteiger partial charge on any atom is 0.416 e. The molecular formula is C26H32F3N5S. The first kappa shape index (κ1) is 25.4. The van der Waals surface area contributed by atoms with E-state index in [1.54, 1.807) is 0 Å². The van der Waals surface area contributed by atoms with Crippen LogP contribution in [0.3, 0.4) is 0 Å². The molecule has 0 amide bonds. The molecule has 1 saturated heterocycles. The van der Waals surface area contributed by atoms with Gasteiger partial charge in [0.25, 0.3) is 0 Å². The van der Waals surface area contributed by atoms with Crippen LogP contribution >= 0.6 is 12.2 Å². The molecule has 0 radical (unpaired) electrons. The summed E-state index contributed by atoms with van der Waals surface area (Å²) in [7, 11) is 1.88. The van der Waals surface area contributed by atoms with Gasteiger partial charge in [0.2, 0.25) is 0 Å². The molecule has 1 unspecified atom stereocenters. The van der Waals surface area contributed by atoms with Crippen molar-refractivity contribution in [3.63, 3.8) is 0 Å². The van der Waals surface area contributed by atoms with Gasteiger partial charge in [0.1, 0.15) is 5.82 Å². The Morgan fingerprint density at radius 3 is 2.51 bits per heavy atom. The van der Waals surface area contributed by atoms with Gasteiger partial charge in [0, 0.05) is 49.7 Å². The maximum atomic E-state index is 12.9. The monoisotopic (exact) mass is 503 g/mol. The van der Waals surface area contributed by atoms with Gasteiger partial charge in [0.05, 0.1) is 11.3 Å². The third-order valence-electron chi connectivity index (χ3n) is 6.88. The van der Waals surface area contributed by atoms with E-state index in [-0.39, 0.29) is 0 Å². The SMILES string of the molecule is CNC(=S)N(C1=CC=CCC1C)C1CCN(Cc2nc(-c3ccc(C(F)(F)F)cc3)[nH]c2C)CC1. The number of hydrogen-bond donors (Lipinski definition) is 2. The van der Waals surface area contributed by atoms with Crippen molar-refractivity contribution in [2.75, 3.05) is 20.1 Å². The van der Waals surface area contributed by atoms with Crippen LogP contribution < -0.4 is 5.32 Å². The average molecular weight is 504 g/mol. The van der Waals surface area contributed by atoms with Crippen molar-refractivity contribution < 1.29 is 13.2 Å². The van der Waals surface area contributed by atoms with Crippen LogP contribution in [0.5, 0.6) is 0 Å².